The Morgan fingerprint density at radius 1 is 1.06 bits per heavy atom. The summed E-state index contributed by atoms with van der Waals surface area (Å²) >= 11 is 12.1. The molecule has 0 heterocycles. The van der Waals surface area contributed by atoms with Crippen LogP contribution in [0, 0.1) is 5.41 Å². The van der Waals surface area contributed by atoms with E-state index in [-0.39, 0.29) is 5.41 Å². The van der Waals surface area contributed by atoms with Gasteiger partial charge in [-0.25, -0.2) is 0 Å². The Balaban J connectivity index is 2.80. The van der Waals surface area contributed by atoms with Gasteiger partial charge >= 0.3 is 0 Å². The van der Waals surface area contributed by atoms with E-state index >= 15 is 0 Å². The minimum Gasteiger partial charge on any atom is -0.126 e. The molecule has 0 atom stereocenters. The van der Waals surface area contributed by atoms with E-state index in [4.69, 9.17) is 23.2 Å². The smallest absolute Gasteiger partial charge is 0.0294 e. The van der Waals surface area contributed by atoms with E-state index in [0.29, 0.717) is 17.7 Å². The van der Waals surface area contributed by atoms with Gasteiger partial charge in [0.25, 0.3) is 0 Å². The summed E-state index contributed by atoms with van der Waals surface area (Å²) in [5.74, 6) is 1.83. The molecule has 17 heavy (non-hydrogen) atoms. The minimum atomic E-state index is 0.0441. The average Bonchev–Trinajstić information content (AvgIpc) is 2.37. The number of hydrogen-bond acceptors (Lipinski definition) is 0. The Kier molecular flexibility index (Phi) is 5.82. The predicted molar refractivity (Wildman–Crippen MR) is 78.4 cm³/mol. The second-order valence-electron chi connectivity index (χ2n) is 5.19. The van der Waals surface area contributed by atoms with Crippen LogP contribution in [0.25, 0.3) is 0 Å². The Hall–Kier alpha value is -0.200. The molecular formula is C15H22Cl2. The van der Waals surface area contributed by atoms with Gasteiger partial charge < -0.3 is 0 Å². The molecule has 0 N–H and O–H groups in total. The normalized spacial score (nSPS) is 12.1. The van der Waals surface area contributed by atoms with Crippen LogP contribution in [0.15, 0.2) is 24.3 Å². The topological polar surface area (TPSA) is 0 Å². The first-order chi connectivity index (χ1) is 8.06. The van der Waals surface area contributed by atoms with Crippen molar-refractivity contribution in [2.45, 2.75) is 39.5 Å². The molecule has 1 aromatic carbocycles. The van der Waals surface area contributed by atoms with Crippen LogP contribution in [0.1, 0.15) is 44.2 Å². The molecule has 0 aliphatic carbocycles. The molecule has 0 fully saturated rings. The highest BCUT2D eigenvalue weighted by atomic mass is 35.5. The average molecular weight is 273 g/mol. The van der Waals surface area contributed by atoms with Crippen LogP contribution in [0.3, 0.4) is 0 Å². The van der Waals surface area contributed by atoms with E-state index in [0.717, 1.165) is 12.8 Å². The van der Waals surface area contributed by atoms with E-state index in [1.165, 1.54) is 11.1 Å². The highest BCUT2D eigenvalue weighted by molar-refractivity contribution is 6.21. The van der Waals surface area contributed by atoms with Crippen molar-refractivity contribution in [3.05, 3.63) is 35.4 Å². The Bertz CT molecular complexity index is 315. The number of benzene rings is 1. The van der Waals surface area contributed by atoms with Gasteiger partial charge in [-0.1, -0.05) is 45.0 Å². The molecule has 1 aromatic rings. The zero-order chi connectivity index (χ0) is 12.9. The van der Waals surface area contributed by atoms with Gasteiger partial charge in [-0.05, 0) is 29.9 Å². The number of halogens is 2. The molecule has 1 rings (SSSR count). The van der Waals surface area contributed by atoms with Gasteiger partial charge in [0.1, 0.15) is 0 Å². The molecule has 96 valence electrons. The van der Waals surface area contributed by atoms with Gasteiger partial charge in [0, 0.05) is 17.2 Å². The molecule has 0 saturated carbocycles. The first-order valence-corrected chi connectivity index (χ1v) is 7.34. The van der Waals surface area contributed by atoms with Crippen LogP contribution in [-0.4, -0.2) is 11.8 Å². The van der Waals surface area contributed by atoms with Crippen LogP contribution >= 0.6 is 23.2 Å². The fraction of sp³-hybridized carbons (Fsp3) is 0.600. The van der Waals surface area contributed by atoms with Gasteiger partial charge in [0.15, 0.2) is 0 Å². The summed E-state index contributed by atoms with van der Waals surface area (Å²) in [5.41, 5.74) is 2.76. The number of hydrogen-bond donors (Lipinski definition) is 0. The maximum atomic E-state index is 6.07. The van der Waals surface area contributed by atoms with Crippen molar-refractivity contribution in [3.63, 3.8) is 0 Å². The monoisotopic (exact) mass is 272 g/mol. The lowest BCUT2D eigenvalue weighted by Gasteiger charge is -2.28. The Morgan fingerprint density at radius 2 is 1.59 bits per heavy atom. The van der Waals surface area contributed by atoms with Crippen LogP contribution < -0.4 is 0 Å². The van der Waals surface area contributed by atoms with Gasteiger partial charge in [-0.15, -0.1) is 23.2 Å². The van der Waals surface area contributed by atoms with Crippen molar-refractivity contribution in [2.24, 2.45) is 5.41 Å². The third kappa shape index (κ3) is 3.89. The van der Waals surface area contributed by atoms with Gasteiger partial charge in [-0.3, -0.25) is 0 Å². The molecule has 0 bridgehead atoms. The van der Waals surface area contributed by atoms with E-state index in [9.17, 15) is 0 Å². The van der Waals surface area contributed by atoms with Crippen LogP contribution in [-0.2, 0) is 6.42 Å². The van der Waals surface area contributed by atoms with Crippen molar-refractivity contribution < 1.29 is 0 Å². The molecule has 0 aliphatic rings. The predicted octanol–water partition coefficient (Wildman–Crippen LogP) is 5.23. The fourth-order valence-corrected chi connectivity index (χ4v) is 2.75. The van der Waals surface area contributed by atoms with E-state index < -0.39 is 0 Å². The Labute approximate surface area is 115 Å². The highest BCUT2D eigenvalue weighted by Gasteiger charge is 2.26. The molecule has 0 nitrogen and oxygen atoms in total. The van der Waals surface area contributed by atoms with Gasteiger partial charge in [0.2, 0.25) is 0 Å². The lowest BCUT2D eigenvalue weighted by molar-refractivity contribution is 0.362. The van der Waals surface area contributed by atoms with Crippen LogP contribution in [0.5, 0.6) is 0 Å². The van der Waals surface area contributed by atoms with Crippen molar-refractivity contribution >= 4 is 23.2 Å². The van der Waals surface area contributed by atoms with Crippen LogP contribution in [0.2, 0.25) is 0 Å². The molecule has 0 aromatic heterocycles. The summed E-state index contributed by atoms with van der Waals surface area (Å²) in [4.78, 5) is 0. The van der Waals surface area contributed by atoms with Crippen molar-refractivity contribution in [1.82, 2.24) is 0 Å². The van der Waals surface area contributed by atoms with E-state index in [2.05, 4.69) is 45.0 Å². The molecule has 0 saturated heterocycles. The zero-order valence-corrected chi connectivity index (χ0v) is 12.5. The summed E-state index contributed by atoms with van der Waals surface area (Å²) < 4.78 is 0. The summed E-state index contributed by atoms with van der Waals surface area (Å²) in [6.45, 7) is 6.58. The summed E-state index contributed by atoms with van der Waals surface area (Å²) in [6, 6.07) is 8.84. The maximum Gasteiger partial charge on any atom is 0.0294 e. The number of rotatable bonds is 6. The largest absolute Gasteiger partial charge is 0.126 e. The second-order valence-corrected chi connectivity index (χ2v) is 5.73. The molecule has 0 radical (unpaired) electrons. The quantitative estimate of drug-likeness (QED) is 0.623. The first kappa shape index (κ1) is 14.9. The van der Waals surface area contributed by atoms with Gasteiger partial charge in [0.05, 0.1) is 0 Å². The molecular weight excluding hydrogens is 251 g/mol. The van der Waals surface area contributed by atoms with Crippen LogP contribution in [0.4, 0.5) is 0 Å². The molecule has 0 spiro atoms. The molecule has 0 unspecified atom stereocenters. The standard InChI is InChI=1S/C15H22Cl2/c1-4-15(10-16,11-17)9-13-5-7-14(8-6-13)12(2)3/h5-8,12H,4,9-11H2,1-3H3. The summed E-state index contributed by atoms with van der Waals surface area (Å²) in [7, 11) is 0. The third-order valence-electron chi connectivity index (χ3n) is 3.54. The third-order valence-corrected chi connectivity index (χ3v) is 4.68. The molecule has 0 aliphatic heterocycles. The molecule has 2 heteroatoms. The van der Waals surface area contributed by atoms with Gasteiger partial charge in [-0.2, -0.15) is 0 Å². The maximum absolute atomic E-state index is 6.07. The van der Waals surface area contributed by atoms with Crippen molar-refractivity contribution in [3.8, 4) is 0 Å². The first-order valence-electron chi connectivity index (χ1n) is 6.27. The SMILES string of the molecule is CCC(CCl)(CCl)Cc1ccc(C(C)C)cc1. The summed E-state index contributed by atoms with van der Waals surface area (Å²) in [6.07, 6.45) is 1.99. The number of alkyl halides is 2. The minimum absolute atomic E-state index is 0.0441. The van der Waals surface area contributed by atoms with E-state index in [1.54, 1.807) is 0 Å². The highest BCUT2D eigenvalue weighted by Crippen LogP contribution is 2.30. The van der Waals surface area contributed by atoms with Crippen molar-refractivity contribution in [2.75, 3.05) is 11.8 Å². The fourth-order valence-electron chi connectivity index (χ4n) is 1.90. The zero-order valence-electron chi connectivity index (χ0n) is 11.0. The summed E-state index contributed by atoms with van der Waals surface area (Å²) in [5, 5.41) is 0. The second kappa shape index (κ2) is 6.66. The van der Waals surface area contributed by atoms with E-state index in [1.807, 2.05) is 0 Å². The molecule has 0 amide bonds. The Morgan fingerprint density at radius 3 is 1.94 bits per heavy atom. The lowest BCUT2D eigenvalue weighted by atomic mass is 9.82. The van der Waals surface area contributed by atoms with Crippen molar-refractivity contribution in [1.29, 1.82) is 0 Å². The lowest BCUT2D eigenvalue weighted by Crippen LogP contribution is -2.27.